The number of hydrogen-bond donors (Lipinski definition) is 2. The number of quaternary nitrogens is 1. The van der Waals surface area contributed by atoms with Crippen molar-refractivity contribution in [2.45, 2.75) is 25.8 Å². The van der Waals surface area contributed by atoms with Gasteiger partial charge in [-0.05, 0) is 12.5 Å². The summed E-state index contributed by atoms with van der Waals surface area (Å²) in [5, 5.41) is 20.8. The molecule has 0 spiro atoms. The third-order valence-corrected chi connectivity index (χ3v) is 4.91. The third-order valence-electron chi connectivity index (χ3n) is 4.91. The Balaban J connectivity index is 1.94. The van der Waals surface area contributed by atoms with Crippen molar-refractivity contribution in [3.8, 4) is 6.07 Å². The summed E-state index contributed by atoms with van der Waals surface area (Å²) in [7, 11) is 1.69. The van der Waals surface area contributed by atoms with E-state index in [-0.39, 0.29) is 24.3 Å². The number of aromatic amines is 1. The van der Waals surface area contributed by atoms with Gasteiger partial charge in [0, 0.05) is 18.7 Å². The van der Waals surface area contributed by atoms with Gasteiger partial charge in [0.15, 0.2) is 0 Å². The van der Waals surface area contributed by atoms with Gasteiger partial charge in [-0.3, -0.25) is 4.79 Å². The van der Waals surface area contributed by atoms with Gasteiger partial charge in [-0.15, -0.1) is 4.65 Å². The molecule has 2 aromatic rings. The summed E-state index contributed by atoms with van der Waals surface area (Å²) >= 11 is 0. The normalized spacial score (nSPS) is 23.7. The summed E-state index contributed by atoms with van der Waals surface area (Å²) in [6.45, 7) is 3.07. The van der Waals surface area contributed by atoms with Gasteiger partial charge < -0.3 is 9.88 Å². The molecule has 1 aliphatic rings. The first kappa shape index (κ1) is 16.4. The Morgan fingerprint density at radius 3 is 3.12 bits per heavy atom. The van der Waals surface area contributed by atoms with Gasteiger partial charge in [0.1, 0.15) is 36.9 Å². The lowest BCUT2D eigenvalue weighted by molar-refractivity contribution is -0.145. The molecule has 24 heavy (non-hydrogen) atoms. The monoisotopic (exact) mass is 329 g/mol. The van der Waals surface area contributed by atoms with Gasteiger partial charge in [0.2, 0.25) is 5.91 Å². The van der Waals surface area contributed by atoms with Gasteiger partial charge >= 0.3 is 0 Å². The van der Waals surface area contributed by atoms with Crippen molar-refractivity contribution >= 4 is 22.8 Å². The topological polar surface area (TPSA) is 106 Å². The predicted molar refractivity (Wildman–Crippen MR) is 87.8 cm³/mol. The average molecular weight is 329 g/mol. The second kappa shape index (κ2) is 6.19. The zero-order chi connectivity index (χ0) is 17.3. The van der Waals surface area contributed by atoms with Crippen LogP contribution in [0.4, 0.5) is 5.82 Å². The number of nitrogens with zero attached hydrogens (tertiary/aromatic N) is 5. The van der Waals surface area contributed by atoms with Gasteiger partial charge in [-0.2, -0.15) is 10.2 Å². The molecule has 3 atom stereocenters. The minimum absolute atomic E-state index is 0.133. The van der Waals surface area contributed by atoms with E-state index in [9.17, 15) is 10.0 Å². The lowest BCUT2D eigenvalue weighted by Crippen LogP contribution is -2.62. The van der Waals surface area contributed by atoms with Crippen molar-refractivity contribution in [2.75, 3.05) is 20.1 Å². The predicted octanol–water partition coefficient (Wildman–Crippen LogP) is 1.43. The summed E-state index contributed by atoms with van der Waals surface area (Å²) < 4.78 is -0.422. The minimum atomic E-state index is -0.422. The van der Waals surface area contributed by atoms with Crippen LogP contribution in [0.5, 0.6) is 0 Å². The van der Waals surface area contributed by atoms with E-state index in [1.165, 1.54) is 6.33 Å². The maximum atomic E-state index is 12.1. The number of carbonyl (C=O) groups excluding carboxylic acids is 1. The Kier molecular flexibility index (Phi) is 4.22. The van der Waals surface area contributed by atoms with Crippen LogP contribution in [-0.2, 0) is 4.79 Å². The summed E-state index contributed by atoms with van der Waals surface area (Å²) in [5.74, 6) is 0.520. The lowest BCUT2D eigenvalue weighted by Gasteiger charge is -2.42. The number of likely N-dealkylation sites (tertiary alicyclic amines) is 1. The molecule has 0 bridgehead atoms. The molecule has 0 saturated carbocycles. The number of aromatic nitrogens is 3. The molecule has 0 aromatic carbocycles. The number of amides is 1. The van der Waals surface area contributed by atoms with Crippen LogP contribution in [0, 0.1) is 17.2 Å². The Morgan fingerprint density at radius 1 is 1.58 bits per heavy atom. The van der Waals surface area contributed by atoms with E-state index in [0.717, 1.165) is 11.8 Å². The van der Waals surface area contributed by atoms with E-state index in [4.69, 9.17) is 5.26 Å². The molecule has 1 aliphatic heterocycles. The summed E-state index contributed by atoms with van der Waals surface area (Å²) in [5.41, 5.74) is 0.666. The molecule has 1 amide bonds. The summed E-state index contributed by atoms with van der Waals surface area (Å²) in [6.07, 6.45) is 3.83. The number of likely N-dealkylation sites (N-methyl/N-ethyl adjacent to an activating group) is 1. The molecule has 2 aromatic heterocycles. The highest BCUT2D eigenvalue weighted by atomic mass is 16.5. The fraction of sp³-hybridized carbons (Fsp3) is 0.500. The van der Waals surface area contributed by atoms with Crippen LogP contribution in [0.3, 0.4) is 0 Å². The second-order valence-corrected chi connectivity index (χ2v) is 6.47. The number of carbonyl (C=O) groups is 1. The Labute approximate surface area is 139 Å². The highest BCUT2D eigenvalue weighted by Gasteiger charge is 2.45. The molecule has 1 unspecified atom stereocenters. The van der Waals surface area contributed by atoms with Crippen LogP contribution < -0.4 is 4.65 Å². The van der Waals surface area contributed by atoms with Crippen LogP contribution in [0.2, 0.25) is 0 Å². The van der Waals surface area contributed by atoms with Crippen molar-refractivity contribution in [3.05, 3.63) is 18.6 Å². The molecule has 8 nitrogen and oxygen atoms in total. The first-order valence-electron chi connectivity index (χ1n) is 7.97. The number of hydroxylamine groups is 2. The van der Waals surface area contributed by atoms with Crippen molar-refractivity contribution in [1.82, 2.24) is 24.5 Å². The Bertz CT molecular complexity index is 793. The smallest absolute Gasteiger partial charge is 0.273 e. The van der Waals surface area contributed by atoms with E-state index in [1.54, 1.807) is 18.1 Å². The van der Waals surface area contributed by atoms with Crippen LogP contribution in [-0.4, -0.2) is 57.1 Å². The fourth-order valence-electron chi connectivity index (χ4n) is 3.49. The molecule has 3 rings (SSSR count). The minimum Gasteiger partial charge on any atom is -0.346 e. The number of fused-ring (bicyclic) bond motifs is 1. The second-order valence-electron chi connectivity index (χ2n) is 6.47. The van der Waals surface area contributed by atoms with Crippen molar-refractivity contribution in [1.29, 1.82) is 5.26 Å². The van der Waals surface area contributed by atoms with Crippen LogP contribution in [0.15, 0.2) is 18.6 Å². The number of nitrogens with one attached hydrogen (secondary N) is 1. The molecule has 2 N–H and O–H groups in total. The van der Waals surface area contributed by atoms with E-state index in [1.807, 2.05) is 12.1 Å². The van der Waals surface area contributed by atoms with Crippen LogP contribution in [0.1, 0.15) is 19.8 Å². The standard InChI is InChI=1S/C16H21N6O2/c1-11-5-8-21(14(23)3-6-17)9-13(11)22(2,24)16-12-4-7-18-15(12)19-10-20-16/h4,7,10-11,13,24H,3,5,8-9H2,1-2H3,(H,18,19,20)/q+1/t11-,13+,22?/m1/s1. The van der Waals surface area contributed by atoms with E-state index >= 15 is 0 Å². The quantitative estimate of drug-likeness (QED) is 0.654. The fourth-order valence-corrected chi connectivity index (χ4v) is 3.49. The van der Waals surface area contributed by atoms with Crippen molar-refractivity contribution in [3.63, 3.8) is 0 Å². The largest absolute Gasteiger partial charge is 0.346 e. The van der Waals surface area contributed by atoms with Gasteiger partial charge in [0.05, 0.1) is 12.6 Å². The number of hydrogen-bond acceptors (Lipinski definition) is 5. The molecule has 1 fully saturated rings. The molecule has 0 aliphatic carbocycles. The number of nitriles is 1. The molecule has 3 heterocycles. The number of rotatable bonds is 3. The average Bonchev–Trinajstić information content (AvgIpc) is 3.03. The Hall–Kier alpha value is -2.50. The molecule has 1 saturated heterocycles. The van der Waals surface area contributed by atoms with Crippen molar-refractivity contribution < 1.29 is 10.0 Å². The molecule has 0 radical (unpaired) electrons. The highest BCUT2D eigenvalue weighted by Crippen LogP contribution is 2.33. The third kappa shape index (κ3) is 2.72. The van der Waals surface area contributed by atoms with E-state index in [2.05, 4.69) is 21.9 Å². The number of H-pyrrole nitrogens is 1. The highest BCUT2D eigenvalue weighted by molar-refractivity contribution is 5.85. The maximum absolute atomic E-state index is 12.1. The maximum Gasteiger partial charge on any atom is 0.273 e. The van der Waals surface area contributed by atoms with E-state index < -0.39 is 4.65 Å². The Morgan fingerprint density at radius 2 is 2.38 bits per heavy atom. The SMILES string of the molecule is C[C@@H]1CCN(C(=O)CC#N)C[C@@H]1[N+](C)(O)c1ncnc2[nH]ccc12. The van der Waals surface area contributed by atoms with Gasteiger partial charge in [-0.1, -0.05) is 6.92 Å². The number of piperidine rings is 1. The van der Waals surface area contributed by atoms with Crippen molar-refractivity contribution in [2.24, 2.45) is 5.92 Å². The van der Waals surface area contributed by atoms with Gasteiger partial charge in [0.25, 0.3) is 5.82 Å². The first-order valence-corrected chi connectivity index (χ1v) is 7.97. The molecular weight excluding hydrogens is 308 g/mol. The first-order chi connectivity index (χ1) is 11.4. The van der Waals surface area contributed by atoms with Crippen LogP contribution >= 0.6 is 0 Å². The molecular formula is C16H21N6O2+. The van der Waals surface area contributed by atoms with E-state index in [0.29, 0.717) is 24.6 Å². The zero-order valence-corrected chi connectivity index (χ0v) is 13.8. The van der Waals surface area contributed by atoms with Crippen LogP contribution in [0.25, 0.3) is 11.0 Å². The zero-order valence-electron chi connectivity index (χ0n) is 13.8. The lowest BCUT2D eigenvalue weighted by atomic mass is 9.91. The molecule has 8 heteroatoms. The molecule has 126 valence electrons. The summed E-state index contributed by atoms with van der Waals surface area (Å²) in [4.78, 5) is 25.2. The van der Waals surface area contributed by atoms with Gasteiger partial charge in [-0.25, -0.2) is 10.2 Å². The summed E-state index contributed by atoms with van der Waals surface area (Å²) in [6, 6.07) is 3.51.